The summed E-state index contributed by atoms with van der Waals surface area (Å²) < 4.78 is 18.8. The van der Waals surface area contributed by atoms with Crippen LogP contribution in [0.1, 0.15) is 31.7 Å². The number of ether oxygens (including phenoxy) is 1. The van der Waals surface area contributed by atoms with Gasteiger partial charge in [0.2, 0.25) is 0 Å². The van der Waals surface area contributed by atoms with Crippen LogP contribution in [-0.2, 0) is 11.3 Å². The van der Waals surface area contributed by atoms with Crippen LogP contribution in [0.3, 0.4) is 0 Å². The molecular weight excluding hydrogens is 309 g/mol. The Morgan fingerprint density at radius 2 is 2.27 bits per heavy atom. The van der Waals surface area contributed by atoms with E-state index in [1.807, 2.05) is 6.92 Å². The van der Waals surface area contributed by atoms with Crippen LogP contribution in [0.5, 0.6) is 5.75 Å². The lowest BCUT2D eigenvalue weighted by molar-refractivity contribution is -0.153. The summed E-state index contributed by atoms with van der Waals surface area (Å²) in [6.07, 6.45) is 2.11. The number of benzene rings is 1. The smallest absolute Gasteiger partial charge is 0.310 e. The molecule has 2 rings (SSSR count). The maximum atomic E-state index is 13.9. The van der Waals surface area contributed by atoms with Crippen LogP contribution >= 0.6 is 11.6 Å². The number of aliphatic carboxylic acids is 1. The summed E-state index contributed by atoms with van der Waals surface area (Å²) in [5, 5.41) is 9.74. The minimum atomic E-state index is -0.751. The van der Waals surface area contributed by atoms with Crippen LogP contribution in [0.4, 0.5) is 4.39 Å². The average Bonchev–Trinajstić information content (AvgIpc) is 2.47. The molecule has 0 radical (unpaired) electrons. The minimum absolute atomic E-state index is 0.0394. The van der Waals surface area contributed by atoms with Gasteiger partial charge in [-0.05, 0) is 43.5 Å². The van der Waals surface area contributed by atoms with Crippen molar-refractivity contribution in [2.24, 2.45) is 5.41 Å². The number of hydrogen-bond acceptors (Lipinski definition) is 3. The predicted octanol–water partition coefficient (Wildman–Crippen LogP) is 3.56. The molecule has 6 heteroatoms. The number of carbonyl (C=O) groups is 1. The number of carboxylic acid groups (broad SMARTS) is 1. The van der Waals surface area contributed by atoms with E-state index in [4.69, 9.17) is 16.3 Å². The third-order valence-electron chi connectivity index (χ3n) is 4.45. The quantitative estimate of drug-likeness (QED) is 0.897. The lowest BCUT2D eigenvalue weighted by Crippen LogP contribution is -2.47. The first-order chi connectivity index (χ1) is 10.4. The Bertz CT molecular complexity index is 543. The van der Waals surface area contributed by atoms with Gasteiger partial charge < -0.3 is 9.84 Å². The molecule has 0 bridgehead atoms. The van der Waals surface area contributed by atoms with Gasteiger partial charge in [-0.3, -0.25) is 9.69 Å². The van der Waals surface area contributed by atoms with Crippen LogP contribution in [0.15, 0.2) is 12.1 Å². The third-order valence-corrected chi connectivity index (χ3v) is 4.74. The van der Waals surface area contributed by atoms with Crippen LogP contribution in [0, 0.1) is 11.2 Å². The molecule has 1 aliphatic heterocycles. The number of nitrogens with zero attached hydrogens (tertiary/aromatic N) is 1. The number of carboxylic acids is 1. The first-order valence-corrected chi connectivity index (χ1v) is 7.77. The fraction of sp³-hybridized carbons (Fsp3) is 0.562. The molecule has 0 saturated carbocycles. The molecule has 1 aliphatic rings. The van der Waals surface area contributed by atoms with Crippen molar-refractivity contribution in [3.8, 4) is 5.75 Å². The maximum absolute atomic E-state index is 13.9. The predicted molar refractivity (Wildman–Crippen MR) is 82.8 cm³/mol. The second-order valence-corrected chi connectivity index (χ2v) is 6.25. The Labute approximate surface area is 134 Å². The normalized spacial score (nSPS) is 22.5. The molecular formula is C16H21ClFNO3. The molecule has 4 nitrogen and oxygen atoms in total. The fourth-order valence-corrected chi connectivity index (χ4v) is 3.44. The van der Waals surface area contributed by atoms with Gasteiger partial charge in [0.25, 0.3) is 0 Å². The van der Waals surface area contributed by atoms with E-state index in [1.165, 1.54) is 13.2 Å². The Balaban J connectivity index is 2.15. The molecule has 1 N–H and O–H groups in total. The van der Waals surface area contributed by atoms with Crippen molar-refractivity contribution in [2.75, 3.05) is 20.2 Å². The molecule has 1 aromatic carbocycles. The Hall–Kier alpha value is -1.33. The van der Waals surface area contributed by atoms with Gasteiger partial charge in [0.15, 0.2) is 11.6 Å². The SMILES string of the molecule is CC[C@]1(C(=O)O)CCCN(Cc2cc(F)c(OC)c(Cl)c2)C1. The monoisotopic (exact) mass is 329 g/mol. The van der Waals surface area contributed by atoms with Crippen molar-refractivity contribution in [2.45, 2.75) is 32.7 Å². The van der Waals surface area contributed by atoms with Gasteiger partial charge in [-0.1, -0.05) is 18.5 Å². The number of methoxy groups -OCH3 is 1. The number of halogens is 2. The minimum Gasteiger partial charge on any atom is -0.492 e. The molecule has 1 fully saturated rings. The molecule has 1 saturated heterocycles. The van der Waals surface area contributed by atoms with E-state index < -0.39 is 17.2 Å². The summed E-state index contributed by atoms with van der Waals surface area (Å²) in [5.41, 5.74) is 0.0214. The standard InChI is InChI=1S/C16H21ClFNO3/c1-3-16(15(20)21)5-4-6-19(10-16)9-11-7-12(17)14(22-2)13(18)8-11/h7-8H,3-6,9-10H2,1-2H3,(H,20,21)/t16-/m0/s1. The van der Waals surface area contributed by atoms with Gasteiger partial charge in [-0.15, -0.1) is 0 Å². The first-order valence-electron chi connectivity index (χ1n) is 7.39. The average molecular weight is 330 g/mol. The lowest BCUT2D eigenvalue weighted by Gasteiger charge is -2.39. The van der Waals surface area contributed by atoms with Crippen molar-refractivity contribution in [1.29, 1.82) is 0 Å². The molecule has 1 atom stereocenters. The third kappa shape index (κ3) is 3.36. The van der Waals surface area contributed by atoms with Gasteiger partial charge in [-0.2, -0.15) is 0 Å². The first kappa shape index (κ1) is 17.0. The fourth-order valence-electron chi connectivity index (χ4n) is 3.13. The highest BCUT2D eigenvalue weighted by atomic mass is 35.5. The highest BCUT2D eigenvalue weighted by Gasteiger charge is 2.40. The van der Waals surface area contributed by atoms with Crippen molar-refractivity contribution in [1.82, 2.24) is 4.90 Å². The van der Waals surface area contributed by atoms with Crippen molar-refractivity contribution in [3.63, 3.8) is 0 Å². The molecule has 0 unspecified atom stereocenters. The summed E-state index contributed by atoms with van der Waals surface area (Å²) in [5.74, 6) is -1.21. The molecule has 122 valence electrons. The zero-order valence-corrected chi connectivity index (χ0v) is 13.6. The Morgan fingerprint density at radius 1 is 1.55 bits per heavy atom. The van der Waals surface area contributed by atoms with Gasteiger partial charge in [0.1, 0.15) is 0 Å². The number of rotatable bonds is 5. The number of hydrogen-bond donors (Lipinski definition) is 1. The van der Waals surface area contributed by atoms with Crippen LogP contribution in [-0.4, -0.2) is 36.2 Å². The Morgan fingerprint density at radius 3 is 2.82 bits per heavy atom. The second-order valence-electron chi connectivity index (χ2n) is 5.85. The van der Waals surface area contributed by atoms with Crippen molar-refractivity contribution < 1.29 is 19.0 Å². The highest BCUT2D eigenvalue weighted by molar-refractivity contribution is 6.32. The summed E-state index contributed by atoms with van der Waals surface area (Å²) in [6.45, 7) is 3.67. The number of likely N-dealkylation sites (tertiary alicyclic amines) is 1. The molecule has 1 aromatic rings. The van der Waals surface area contributed by atoms with E-state index in [2.05, 4.69) is 4.90 Å². The molecule has 0 aromatic heterocycles. The van der Waals surface area contributed by atoms with Crippen LogP contribution in [0.25, 0.3) is 0 Å². The van der Waals surface area contributed by atoms with E-state index in [0.29, 0.717) is 25.9 Å². The largest absolute Gasteiger partial charge is 0.492 e. The molecule has 0 aliphatic carbocycles. The molecule has 1 heterocycles. The number of piperidine rings is 1. The summed E-state index contributed by atoms with van der Waals surface area (Å²) in [4.78, 5) is 13.6. The second kappa shape index (κ2) is 6.84. The summed E-state index contributed by atoms with van der Waals surface area (Å²) in [7, 11) is 1.37. The van der Waals surface area contributed by atoms with Crippen molar-refractivity contribution in [3.05, 3.63) is 28.5 Å². The highest BCUT2D eigenvalue weighted by Crippen LogP contribution is 2.35. The zero-order valence-electron chi connectivity index (χ0n) is 12.9. The summed E-state index contributed by atoms with van der Waals surface area (Å²) in [6, 6.07) is 3.07. The van der Waals surface area contributed by atoms with E-state index in [1.54, 1.807) is 6.07 Å². The zero-order chi connectivity index (χ0) is 16.3. The van der Waals surface area contributed by atoms with E-state index in [9.17, 15) is 14.3 Å². The van der Waals surface area contributed by atoms with E-state index >= 15 is 0 Å². The molecule has 0 amide bonds. The maximum Gasteiger partial charge on any atom is 0.310 e. The van der Waals surface area contributed by atoms with Gasteiger partial charge in [0, 0.05) is 13.1 Å². The molecule has 22 heavy (non-hydrogen) atoms. The van der Waals surface area contributed by atoms with E-state index in [-0.39, 0.29) is 10.8 Å². The topological polar surface area (TPSA) is 49.8 Å². The van der Waals surface area contributed by atoms with Crippen molar-refractivity contribution >= 4 is 17.6 Å². The summed E-state index contributed by atoms with van der Waals surface area (Å²) >= 11 is 6.01. The van der Waals surface area contributed by atoms with Gasteiger partial charge >= 0.3 is 5.97 Å². The lowest BCUT2D eigenvalue weighted by atomic mass is 9.77. The molecule has 0 spiro atoms. The Kier molecular flexibility index (Phi) is 5.29. The van der Waals surface area contributed by atoms with Gasteiger partial charge in [0.05, 0.1) is 17.5 Å². The van der Waals surface area contributed by atoms with E-state index in [0.717, 1.165) is 18.5 Å². The van der Waals surface area contributed by atoms with Crippen LogP contribution in [0.2, 0.25) is 5.02 Å². The van der Waals surface area contributed by atoms with Crippen LogP contribution < -0.4 is 4.74 Å². The van der Waals surface area contributed by atoms with Gasteiger partial charge in [-0.25, -0.2) is 4.39 Å².